The third-order valence-electron chi connectivity index (χ3n) is 5.55. The standard InChI is InChI=1S/C14H28N2/c1-4-8-14(16)11-7-6-10(3)9-12(11)13(14,15)5-2/h10-12H,4-9,15-16H2,1-3H3/t10?,11?,12?,13-,14+/m0/s1. The molecule has 0 amide bonds. The average Bonchev–Trinajstić information content (AvgIpc) is 2.28. The molecule has 2 fully saturated rings. The summed E-state index contributed by atoms with van der Waals surface area (Å²) in [6.45, 7) is 6.80. The molecule has 0 heterocycles. The van der Waals surface area contributed by atoms with Crippen LogP contribution in [0, 0.1) is 17.8 Å². The molecule has 0 aromatic heterocycles. The third kappa shape index (κ3) is 1.39. The van der Waals surface area contributed by atoms with Crippen molar-refractivity contribution in [2.75, 3.05) is 0 Å². The lowest BCUT2D eigenvalue weighted by Gasteiger charge is -2.69. The maximum atomic E-state index is 6.68. The van der Waals surface area contributed by atoms with Crippen molar-refractivity contribution in [2.45, 2.75) is 70.4 Å². The van der Waals surface area contributed by atoms with Crippen LogP contribution in [0.25, 0.3) is 0 Å². The minimum absolute atomic E-state index is 0.0681. The smallest absolute Gasteiger partial charge is 0.0371 e. The Morgan fingerprint density at radius 1 is 1.06 bits per heavy atom. The summed E-state index contributed by atoms with van der Waals surface area (Å²) < 4.78 is 0. The van der Waals surface area contributed by atoms with E-state index in [0.717, 1.165) is 25.2 Å². The number of rotatable bonds is 3. The van der Waals surface area contributed by atoms with Crippen molar-refractivity contribution in [2.24, 2.45) is 29.2 Å². The molecule has 0 bridgehead atoms. The minimum atomic E-state index is -0.0810. The van der Waals surface area contributed by atoms with Gasteiger partial charge in [-0.2, -0.15) is 0 Å². The van der Waals surface area contributed by atoms with E-state index in [0.29, 0.717) is 11.8 Å². The largest absolute Gasteiger partial charge is 0.323 e. The van der Waals surface area contributed by atoms with Gasteiger partial charge in [0.2, 0.25) is 0 Å². The Bertz CT molecular complexity index is 265. The van der Waals surface area contributed by atoms with E-state index in [9.17, 15) is 0 Å². The predicted molar refractivity (Wildman–Crippen MR) is 69.0 cm³/mol. The summed E-state index contributed by atoms with van der Waals surface area (Å²) in [7, 11) is 0. The summed E-state index contributed by atoms with van der Waals surface area (Å²) in [6, 6.07) is 0. The third-order valence-corrected chi connectivity index (χ3v) is 5.55. The molecule has 2 nitrogen and oxygen atoms in total. The molecule has 16 heavy (non-hydrogen) atoms. The number of nitrogens with two attached hydrogens (primary N) is 2. The summed E-state index contributed by atoms with van der Waals surface area (Å²) in [5, 5.41) is 0. The maximum absolute atomic E-state index is 6.68. The molecular weight excluding hydrogens is 196 g/mol. The highest BCUT2D eigenvalue weighted by molar-refractivity contribution is 5.25. The van der Waals surface area contributed by atoms with Crippen LogP contribution in [-0.2, 0) is 0 Å². The lowest BCUT2D eigenvalue weighted by Crippen LogP contribution is -2.84. The van der Waals surface area contributed by atoms with Gasteiger partial charge in [-0.1, -0.05) is 33.6 Å². The molecule has 0 aromatic carbocycles. The van der Waals surface area contributed by atoms with Gasteiger partial charge in [0.25, 0.3) is 0 Å². The molecule has 0 aromatic rings. The highest BCUT2D eigenvalue weighted by atomic mass is 15.0. The fraction of sp³-hybridized carbons (Fsp3) is 1.00. The zero-order valence-corrected chi connectivity index (χ0v) is 11.1. The zero-order valence-electron chi connectivity index (χ0n) is 11.1. The first kappa shape index (κ1) is 12.4. The Kier molecular flexibility index (Phi) is 3.09. The zero-order chi connectivity index (χ0) is 12.0. The lowest BCUT2D eigenvalue weighted by molar-refractivity contribution is -0.117. The summed E-state index contributed by atoms with van der Waals surface area (Å²) in [5.74, 6) is 2.24. The van der Waals surface area contributed by atoms with Gasteiger partial charge in [-0.3, -0.25) is 0 Å². The molecule has 0 aliphatic heterocycles. The van der Waals surface area contributed by atoms with Crippen LogP contribution in [0.3, 0.4) is 0 Å². The van der Waals surface area contributed by atoms with Crippen LogP contribution in [-0.4, -0.2) is 11.1 Å². The van der Waals surface area contributed by atoms with Crippen molar-refractivity contribution in [1.82, 2.24) is 0 Å². The second-order valence-corrected chi connectivity index (χ2v) is 6.32. The second kappa shape index (κ2) is 3.99. The normalized spacial score (nSPS) is 51.9. The average molecular weight is 224 g/mol. The van der Waals surface area contributed by atoms with E-state index in [1.807, 2.05) is 0 Å². The molecule has 2 aliphatic rings. The lowest BCUT2D eigenvalue weighted by atomic mass is 9.41. The van der Waals surface area contributed by atoms with E-state index in [4.69, 9.17) is 11.5 Å². The molecule has 3 unspecified atom stereocenters. The monoisotopic (exact) mass is 224 g/mol. The fourth-order valence-electron chi connectivity index (χ4n) is 4.58. The first-order valence-electron chi connectivity index (χ1n) is 7.07. The van der Waals surface area contributed by atoms with Crippen molar-refractivity contribution >= 4 is 0 Å². The van der Waals surface area contributed by atoms with Gasteiger partial charge in [0.1, 0.15) is 0 Å². The molecule has 2 saturated carbocycles. The Hall–Kier alpha value is -0.0800. The fourth-order valence-corrected chi connectivity index (χ4v) is 4.58. The van der Waals surface area contributed by atoms with Crippen molar-refractivity contribution in [3.63, 3.8) is 0 Å². The number of hydrogen-bond acceptors (Lipinski definition) is 2. The molecule has 0 radical (unpaired) electrons. The van der Waals surface area contributed by atoms with Crippen molar-refractivity contribution in [1.29, 1.82) is 0 Å². The van der Waals surface area contributed by atoms with Crippen LogP contribution >= 0.6 is 0 Å². The van der Waals surface area contributed by atoms with Gasteiger partial charge in [0.05, 0.1) is 0 Å². The summed E-state index contributed by atoms with van der Waals surface area (Å²) in [5.41, 5.74) is 13.2. The number of hydrogen-bond donors (Lipinski definition) is 2. The summed E-state index contributed by atoms with van der Waals surface area (Å²) in [4.78, 5) is 0. The van der Waals surface area contributed by atoms with Crippen molar-refractivity contribution in [3.05, 3.63) is 0 Å². The van der Waals surface area contributed by atoms with Crippen LogP contribution in [0.2, 0.25) is 0 Å². The first-order valence-corrected chi connectivity index (χ1v) is 7.07. The van der Waals surface area contributed by atoms with E-state index >= 15 is 0 Å². The van der Waals surface area contributed by atoms with E-state index < -0.39 is 0 Å². The number of fused-ring (bicyclic) bond motifs is 1. The SMILES string of the molecule is CCC[C@@]1(N)C2CCC(C)CC2[C@@]1(N)CC. The van der Waals surface area contributed by atoms with Gasteiger partial charge >= 0.3 is 0 Å². The van der Waals surface area contributed by atoms with Gasteiger partial charge in [-0.15, -0.1) is 0 Å². The highest BCUT2D eigenvalue weighted by Gasteiger charge is 2.66. The van der Waals surface area contributed by atoms with Gasteiger partial charge in [0, 0.05) is 11.1 Å². The maximum Gasteiger partial charge on any atom is 0.0371 e. The topological polar surface area (TPSA) is 52.0 Å². The van der Waals surface area contributed by atoms with E-state index in [1.54, 1.807) is 0 Å². The molecular formula is C14H28N2. The molecule has 5 atom stereocenters. The molecule has 2 heteroatoms. The predicted octanol–water partition coefficient (Wildman–Crippen LogP) is 2.66. The van der Waals surface area contributed by atoms with E-state index in [1.165, 1.54) is 19.3 Å². The van der Waals surface area contributed by atoms with Gasteiger partial charge in [-0.25, -0.2) is 0 Å². The first-order chi connectivity index (χ1) is 7.49. The van der Waals surface area contributed by atoms with Crippen LogP contribution in [0.1, 0.15) is 59.3 Å². The van der Waals surface area contributed by atoms with Crippen LogP contribution in [0.5, 0.6) is 0 Å². The molecule has 2 aliphatic carbocycles. The van der Waals surface area contributed by atoms with Gasteiger partial charge in [-0.05, 0) is 43.4 Å². The Morgan fingerprint density at radius 3 is 2.31 bits per heavy atom. The molecule has 94 valence electrons. The van der Waals surface area contributed by atoms with E-state index in [-0.39, 0.29) is 11.1 Å². The Morgan fingerprint density at radius 2 is 1.75 bits per heavy atom. The quantitative estimate of drug-likeness (QED) is 0.774. The van der Waals surface area contributed by atoms with Crippen LogP contribution < -0.4 is 11.5 Å². The van der Waals surface area contributed by atoms with Crippen LogP contribution in [0.15, 0.2) is 0 Å². The minimum Gasteiger partial charge on any atom is -0.323 e. The second-order valence-electron chi connectivity index (χ2n) is 6.32. The van der Waals surface area contributed by atoms with Crippen LogP contribution in [0.4, 0.5) is 0 Å². The van der Waals surface area contributed by atoms with Gasteiger partial charge < -0.3 is 11.5 Å². The summed E-state index contributed by atoms with van der Waals surface area (Å²) in [6.07, 6.45) is 7.26. The summed E-state index contributed by atoms with van der Waals surface area (Å²) >= 11 is 0. The molecule has 0 saturated heterocycles. The molecule has 2 rings (SSSR count). The molecule has 4 N–H and O–H groups in total. The Labute approximate surface area is 100 Å². The van der Waals surface area contributed by atoms with Crippen molar-refractivity contribution < 1.29 is 0 Å². The highest BCUT2D eigenvalue weighted by Crippen LogP contribution is 2.59. The van der Waals surface area contributed by atoms with Crippen molar-refractivity contribution in [3.8, 4) is 0 Å². The van der Waals surface area contributed by atoms with Gasteiger partial charge in [0.15, 0.2) is 0 Å². The van der Waals surface area contributed by atoms with E-state index in [2.05, 4.69) is 20.8 Å². The molecule has 0 spiro atoms. The Balaban J connectivity index is 2.20.